The summed E-state index contributed by atoms with van der Waals surface area (Å²) in [6, 6.07) is 0. The third-order valence-electron chi connectivity index (χ3n) is 2.85. The van der Waals surface area contributed by atoms with Gasteiger partial charge in [0.1, 0.15) is 0 Å². The highest BCUT2D eigenvalue weighted by Crippen LogP contribution is 2.30. The number of nitrogens with one attached hydrogen (secondary N) is 1. The lowest BCUT2D eigenvalue weighted by atomic mass is 9.90. The van der Waals surface area contributed by atoms with Gasteiger partial charge in [0.15, 0.2) is 0 Å². The quantitative estimate of drug-likeness (QED) is 0.564. The molecule has 2 aliphatic heterocycles. The van der Waals surface area contributed by atoms with Crippen LogP contribution in [0.4, 0.5) is 0 Å². The maximum Gasteiger partial charge on any atom is 0.0455 e. The summed E-state index contributed by atoms with van der Waals surface area (Å²) >= 11 is 0. The van der Waals surface area contributed by atoms with Gasteiger partial charge in [-0.05, 0) is 26.4 Å². The monoisotopic (exact) mass is 156 g/mol. The second kappa shape index (κ2) is 3.55. The Labute approximate surface area is 70.0 Å². The lowest BCUT2D eigenvalue weighted by Gasteiger charge is -2.44. The van der Waals surface area contributed by atoms with Crippen LogP contribution in [0.15, 0.2) is 0 Å². The average Bonchev–Trinajstić information content (AvgIpc) is 2.34. The van der Waals surface area contributed by atoms with Crippen molar-refractivity contribution in [3.05, 3.63) is 0 Å². The van der Waals surface area contributed by atoms with Gasteiger partial charge in [-0.2, -0.15) is 0 Å². The fourth-order valence-electron chi connectivity index (χ4n) is 1.93. The first-order valence-corrected chi connectivity index (χ1v) is 4.75. The number of rotatable bonds is 0. The Hall–Kier alpha value is -0.0800. The van der Waals surface area contributed by atoms with E-state index in [9.17, 15) is 0 Å². The predicted molar refractivity (Wildman–Crippen MR) is 48.8 cm³/mol. The van der Waals surface area contributed by atoms with Crippen molar-refractivity contribution in [1.82, 2.24) is 10.2 Å². The van der Waals surface area contributed by atoms with Crippen molar-refractivity contribution in [3.8, 4) is 0 Å². The molecular formula is C9H20N2. The van der Waals surface area contributed by atoms with Gasteiger partial charge in [0, 0.05) is 18.6 Å². The van der Waals surface area contributed by atoms with Gasteiger partial charge in [-0.25, -0.2) is 0 Å². The second-order valence-electron chi connectivity index (χ2n) is 3.35. The van der Waals surface area contributed by atoms with Crippen LogP contribution in [0, 0.1) is 0 Å². The van der Waals surface area contributed by atoms with Gasteiger partial charge in [0.25, 0.3) is 0 Å². The summed E-state index contributed by atoms with van der Waals surface area (Å²) in [7, 11) is 2.24. The van der Waals surface area contributed by atoms with Crippen LogP contribution in [0.25, 0.3) is 0 Å². The minimum atomic E-state index is 0.597. The third-order valence-corrected chi connectivity index (χ3v) is 2.85. The van der Waals surface area contributed by atoms with Crippen molar-refractivity contribution in [3.63, 3.8) is 0 Å². The van der Waals surface area contributed by atoms with Crippen LogP contribution < -0.4 is 5.32 Å². The molecule has 0 amide bonds. The molecule has 2 aliphatic rings. The summed E-state index contributed by atoms with van der Waals surface area (Å²) in [5.41, 5.74) is 0.597. The molecule has 2 saturated heterocycles. The molecule has 0 aliphatic carbocycles. The normalized spacial score (nSPS) is 27.5. The van der Waals surface area contributed by atoms with Gasteiger partial charge in [-0.1, -0.05) is 13.8 Å². The molecule has 0 aromatic rings. The van der Waals surface area contributed by atoms with E-state index in [1.54, 1.807) is 0 Å². The Morgan fingerprint density at radius 2 is 1.91 bits per heavy atom. The first-order valence-electron chi connectivity index (χ1n) is 4.75. The Morgan fingerprint density at radius 3 is 2.09 bits per heavy atom. The molecule has 0 atom stereocenters. The molecule has 0 aromatic carbocycles. The van der Waals surface area contributed by atoms with Gasteiger partial charge in [-0.3, -0.25) is 4.90 Å². The minimum absolute atomic E-state index is 0.597. The number of hydrogen-bond acceptors (Lipinski definition) is 2. The maximum atomic E-state index is 3.33. The molecule has 2 rings (SSSR count). The van der Waals surface area contributed by atoms with Crippen LogP contribution in [0.2, 0.25) is 0 Å². The van der Waals surface area contributed by atoms with Gasteiger partial charge < -0.3 is 5.32 Å². The third kappa shape index (κ3) is 1.42. The molecule has 2 nitrogen and oxygen atoms in total. The standard InChI is InChI=1S/C7H14N2.C2H6/c1-9-4-2-3-7(9)5-8-6-7;1-2/h8H,2-6H2,1H3;1-2H3. The zero-order valence-corrected chi connectivity index (χ0v) is 7.98. The van der Waals surface area contributed by atoms with E-state index >= 15 is 0 Å². The lowest BCUT2D eigenvalue weighted by molar-refractivity contribution is 0.105. The van der Waals surface area contributed by atoms with Gasteiger partial charge in [0.2, 0.25) is 0 Å². The first kappa shape index (κ1) is 9.01. The average molecular weight is 156 g/mol. The fraction of sp³-hybridized carbons (Fsp3) is 1.00. The van der Waals surface area contributed by atoms with Crippen molar-refractivity contribution in [2.45, 2.75) is 32.2 Å². The van der Waals surface area contributed by atoms with Crippen LogP contribution in [0.3, 0.4) is 0 Å². The van der Waals surface area contributed by atoms with Crippen LogP contribution in [0.1, 0.15) is 26.7 Å². The summed E-state index contributed by atoms with van der Waals surface area (Å²) in [6.45, 7) is 7.76. The van der Waals surface area contributed by atoms with Gasteiger partial charge in [-0.15, -0.1) is 0 Å². The minimum Gasteiger partial charge on any atom is -0.313 e. The molecule has 2 fully saturated rings. The number of hydrogen-bond donors (Lipinski definition) is 1. The summed E-state index contributed by atoms with van der Waals surface area (Å²) in [5, 5.41) is 3.33. The Balaban J connectivity index is 0.000000281. The van der Waals surface area contributed by atoms with Crippen LogP contribution in [-0.4, -0.2) is 37.1 Å². The molecule has 0 unspecified atom stereocenters. The Bertz CT molecular complexity index is 119. The van der Waals surface area contributed by atoms with E-state index in [-0.39, 0.29) is 0 Å². The van der Waals surface area contributed by atoms with Crippen molar-refractivity contribution in [1.29, 1.82) is 0 Å². The van der Waals surface area contributed by atoms with Crippen LogP contribution >= 0.6 is 0 Å². The van der Waals surface area contributed by atoms with E-state index in [2.05, 4.69) is 17.3 Å². The van der Waals surface area contributed by atoms with E-state index in [4.69, 9.17) is 0 Å². The van der Waals surface area contributed by atoms with E-state index < -0.39 is 0 Å². The number of nitrogens with zero attached hydrogens (tertiary/aromatic N) is 1. The molecule has 0 radical (unpaired) electrons. The van der Waals surface area contributed by atoms with Crippen molar-refractivity contribution in [2.24, 2.45) is 0 Å². The highest BCUT2D eigenvalue weighted by Gasteiger charge is 2.43. The fourth-order valence-corrected chi connectivity index (χ4v) is 1.93. The van der Waals surface area contributed by atoms with Gasteiger partial charge in [0.05, 0.1) is 0 Å². The SMILES string of the molecule is CC.CN1CCCC12CNC2. The lowest BCUT2D eigenvalue weighted by Crippen LogP contribution is -2.65. The zero-order valence-electron chi connectivity index (χ0n) is 7.98. The molecular weight excluding hydrogens is 136 g/mol. The van der Waals surface area contributed by atoms with E-state index in [0.717, 1.165) is 0 Å². The Morgan fingerprint density at radius 1 is 1.27 bits per heavy atom. The summed E-state index contributed by atoms with van der Waals surface area (Å²) in [5.74, 6) is 0. The van der Waals surface area contributed by atoms with Crippen molar-refractivity contribution in [2.75, 3.05) is 26.7 Å². The topological polar surface area (TPSA) is 15.3 Å². The largest absolute Gasteiger partial charge is 0.313 e. The number of likely N-dealkylation sites (N-methyl/N-ethyl adjacent to an activating group) is 1. The molecule has 0 aromatic heterocycles. The molecule has 66 valence electrons. The van der Waals surface area contributed by atoms with E-state index in [1.807, 2.05) is 13.8 Å². The van der Waals surface area contributed by atoms with Crippen molar-refractivity contribution < 1.29 is 0 Å². The van der Waals surface area contributed by atoms with Crippen molar-refractivity contribution >= 4 is 0 Å². The predicted octanol–water partition coefficient (Wildman–Crippen LogP) is 1.08. The molecule has 2 heteroatoms. The molecule has 1 spiro atoms. The zero-order chi connectivity index (χ0) is 8.32. The second-order valence-corrected chi connectivity index (χ2v) is 3.35. The maximum absolute atomic E-state index is 3.33. The number of likely N-dealkylation sites (tertiary alicyclic amines) is 1. The summed E-state index contributed by atoms with van der Waals surface area (Å²) < 4.78 is 0. The molecule has 11 heavy (non-hydrogen) atoms. The summed E-state index contributed by atoms with van der Waals surface area (Å²) in [6.07, 6.45) is 2.81. The van der Waals surface area contributed by atoms with Crippen LogP contribution in [0.5, 0.6) is 0 Å². The molecule has 0 bridgehead atoms. The smallest absolute Gasteiger partial charge is 0.0455 e. The van der Waals surface area contributed by atoms with Crippen LogP contribution in [-0.2, 0) is 0 Å². The molecule has 2 heterocycles. The highest BCUT2D eigenvalue weighted by molar-refractivity contribution is 5.04. The van der Waals surface area contributed by atoms with Gasteiger partial charge >= 0.3 is 0 Å². The molecule has 1 N–H and O–H groups in total. The van der Waals surface area contributed by atoms with E-state index in [0.29, 0.717) is 5.54 Å². The molecule has 0 saturated carbocycles. The van der Waals surface area contributed by atoms with E-state index in [1.165, 1.54) is 32.5 Å². The first-order chi connectivity index (χ1) is 5.33. The summed E-state index contributed by atoms with van der Waals surface area (Å²) in [4.78, 5) is 2.50. The Kier molecular flexibility index (Phi) is 2.90. The highest BCUT2D eigenvalue weighted by atomic mass is 15.3.